The number of alkyl halides is 7. The first-order valence-corrected chi connectivity index (χ1v) is 9.72. The Morgan fingerprint density at radius 3 is 2.41 bits per heavy atom. The molecule has 160 valence electrons. The molecule has 1 aliphatic rings. The van der Waals surface area contributed by atoms with Crippen LogP contribution in [-0.2, 0) is 0 Å². The number of thioether (sulfide) groups is 1. The highest BCUT2D eigenvalue weighted by molar-refractivity contribution is 7.99. The van der Waals surface area contributed by atoms with E-state index in [0.717, 1.165) is 35.9 Å². The van der Waals surface area contributed by atoms with Crippen molar-refractivity contribution >= 4 is 11.8 Å². The molecule has 0 spiro atoms. The van der Waals surface area contributed by atoms with Crippen molar-refractivity contribution in [2.75, 3.05) is 12.4 Å². The third-order valence-corrected chi connectivity index (χ3v) is 5.30. The van der Waals surface area contributed by atoms with Gasteiger partial charge in [-0.1, -0.05) is 13.0 Å². The van der Waals surface area contributed by atoms with Gasteiger partial charge in [-0.05, 0) is 42.2 Å². The summed E-state index contributed by atoms with van der Waals surface area (Å²) in [6.45, 7) is -0.179. The molecule has 1 aromatic carbocycles. The second-order valence-corrected chi connectivity index (χ2v) is 7.93. The van der Waals surface area contributed by atoms with E-state index in [-0.39, 0.29) is 5.75 Å². The molecule has 0 N–H and O–H groups in total. The van der Waals surface area contributed by atoms with Gasteiger partial charge < -0.3 is 4.74 Å². The van der Waals surface area contributed by atoms with Gasteiger partial charge >= 0.3 is 18.0 Å². The van der Waals surface area contributed by atoms with Crippen LogP contribution in [0.2, 0.25) is 0 Å². The summed E-state index contributed by atoms with van der Waals surface area (Å²) in [6.07, 6.45) is -2.01. The summed E-state index contributed by atoms with van der Waals surface area (Å²) in [4.78, 5) is 0.889. The Hall–Kier alpha value is -1.91. The van der Waals surface area contributed by atoms with E-state index in [1.54, 1.807) is 17.8 Å². The molecule has 3 nitrogen and oxygen atoms in total. The maximum absolute atomic E-state index is 13.4. The van der Waals surface area contributed by atoms with Crippen LogP contribution in [0.4, 0.5) is 30.7 Å². The van der Waals surface area contributed by atoms with Gasteiger partial charge in [-0.25, -0.2) is 4.68 Å². The molecule has 0 amide bonds. The summed E-state index contributed by atoms with van der Waals surface area (Å²) in [5.74, 6) is -10.7. The van der Waals surface area contributed by atoms with E-state index in [1.807, 2.05) is 19.1 Å². The first-order valence-electron chi connectivity index (χ1n) is 8.73. The molecule has 0 aliphatic heterocycles. The van der Waals surface area contributed by atoms with Crippen LogP contribution in [0, 0.1) is 0 Å². The molecule has 0 atom stereocenters. The number of nitrogens with zero attached hydrogens (tertiary/aromatic N) is 2. The first-order chi connectivity index (χ1) is 13.5. The Kier molecular flexibility index (Phi) is 5.81. The number of aromatic nitrogens is 2. The van der Waals surface area contributed by atoms with E-state index in [4.69, 9.17) is 0 Å². The molecule has 0 saturated heterocycles. The highest BCUT2D eigenvalue weighted by Gasteiger charge is 2.73. The van der Waals surface area contributed by atoms with E-state index >= 15 is 0 Å². The number of rotatable bonds is 8. The van der Waals surface area contributed by atoms with Gasteiger partial charge in [0.05, 0.1) is 18.1 Å². The lowest BCUT2D eigenvalue weighted by molar-refractivity contribution is -0.358. The molecule has 0 bridgehead atoms. The predicted octanol–water partition coefficient (Wildman–Crippen LogP) is 6.07. The largest absolute Gasteiger partial charge is 0.484 e. The Morgan fingerprint density at radius 2 is 1.83 bits per heavy atom. The molecule has 1 fully saturated rings. The van der Waals surface area contributed by atoms with Gasteiger partial charge in [-0.3, -0.25) is 0 Å². The van der Waals surface area contributed by atoms with Crippen molar-refractivity contribution < 1.29 is 35.5 Å². The molecule has 11 heteroatoms. The van der Waals surface area contributed by atoms with Gasteiger partial charge in [0.15, 0.2) is 12.4 Å². The fourth-order valence-corrected chi connectivity index (χ4v) is 3.49. The number of ether oxygens (including phenoxy) is 1. The van der Waals surface area contributed by atoms with Crippen molar-refractivity contribution in [1.29, 1.82) is 0 Å². The van der Waals surface area contributed by atoms with Crippen LogP contribution in [0.25, 0.3) is 5.69 Å². The third-order valence-electron chi connectivity index (χ3n) is 4.37. The molecule has 29 heavy (non-hydrogen) atoms. The van der Waals surface area contributed by atoms with Gasteiger partial charge in [-0.2, -0.15) is 35.8 Å². The smallest absolute Gasteiger partial charge is 0.460 e. The maximum Gasteiger partial charge on any atom is 0.460 e. The van der Waals surface area contributed by atoms with Gasteiger partial charge in [-0.15, -0.1) is 11.8 Å². The minimum Gasteiger partial charge on any atom is -0.484 e. The molecule has 1 saturated carbocycles. The summed E-state index contributed by atoms with van der Waals surface area (Å²) in [7, 11) is 0. The van der Waals surface area contributed by atoms with E-state index in [0.29, 0.717) is 11.6 Å². The van der Waals surface area contributed by atoms with Crippen LogP contribution in [0.5, 0.6) is 5.75 Å². The molecular formula is C18H17F7N2OS. The monoisotopic (exact) mass is 442 g/mol. The fraction of sp³-hybridized carbons (Fsp3) is 0.500. The molecule has 2 aromatic rings. The minimum absolute atomic E-state index is 0.346. The average molecular weight is 442 g/mol. The summed E-state index contributed by atoms with van der Waals surface area (Å²) in [5, 5.41) is 3.95. The average Bonchev–Trinajstić information content (AvgIpc) is 3.38. The first kappa shape index (κ1) is 21.8. The molecule has 1 heterocycles. The number of benzene rings is 1. The number of hydrogen-bond donors (Lipinski definition) is 0. The van der Waals surface area contributed by atoms with Crippen LogP contribution in [0.15, 0.2) is 35.5 Å². The van der Waals surface area contributed by atoms with Crippen molar-refractivity contribution in [3.63, 3.8) is 0 Å². The lowest BCUT2D eigenvalue weighted by Gasteiger charge is -2.27. The second kappa shape index (κ2) is 7.73. The zero-order valence-corrected chi connectivity index (χ0v) is 16.0. The number of hydrogen-bond acceptors (Lipinski definition) is 3. The van der Waals surface area contributed by atoms with Gasteiger partial charge in [0.25, 0.3) is 0 Å². The number of halogens is 7. The van der Waals surface area contributed by atoms with E-state index in [9.17, 15) is 30.7 Å². The van der Waals surface area contributed by atoms with Crippen LogP contribution >= 0.6 is 11.8 Å². The predicted molar refractivity (Wildman–Crippen MR) is 93.4 cm³/mol. The Bertz CT molecular complexity index is 862. The summed E-state index contributed by atoms with van der Waals surface area (Å²) >= 11 is 1.54. The highest BCUT2D eigenvalue weighted by Crippen LogP contribution is 2.46. The van der Waals surface area contributed by atoms with Gasteiger partial charge in [0.1, 0.15) is 0 Å². The SMILES string of the molecule is CCSc1cc(C2CC2)ccc1-n1cc(OCC(F)(F)C(F)(F)C(F)(F)F)cn1. The molecule has 1 aromatic heterocycles. The van der Waals surface area contributed by atoms with Crippen molar-refractivity contribution in [1.82, 2.24) is 9.78 Å². The van der Waals surface area contributed by atoms with E-state index < -0.39 is 24.6 Å². The van der Waals surface area contributed by atoms with Gasteiger partial charge in [0, 0.05) is 4.90 Å². The topological polar surface area (TPSA) is 27.1 Å². The Balaban J connectivity index is 1.76. The van der Waals surface area contributed by atoms with E-state index in [2.05, 4.69) is 9.84 Å². The highest BCUT2D eigenvalue weighted by atomic mass is 32.2. The van der Waals surface area contributed by atoms with Gasteiger partial charge in [0.2, 0.25) is 0 Å². The van der Waals surface area contributed by atoms with Crippen LogP contribution < -0.4 is 4.74 Å². The molecule has 3 rings (SSSR count). The van der Waals surface area contributed by atoms with Crippen LogP contribution in [0.1, 0.15) is 31.2 Å². The van der Waals surface area contributed by atoms with Crippen molar-refractivity contribution in [3.05, 3.63) is 36.2 Å². The summed E-state index contributed by atoms with van der Waals surface area (Å²) in [6, 6.07) is 5.74. The Morgan fingerprint density at radius 1 is 1.14 bits per heavy atom. The minimum atomic E-state index is -6.39. The zero-order valence-electron chi connectivity index (χ0n) is 15.1. The molecular weight excluding hydrogens is 425 g/mol. The quantitative estimate of drug-likeness (QED) is 0.367. The normalized spacial score (nSPS) is 15.6. The summed E-state index contributed by atoms with van der Waals surface area (Å²) < 4.78 is 95.0. The van der Waals surface area contributed by atoms with Crippen molar-refractivity contribution in [2.45, 2.75) is 48.6 Å². The lowest BCUT2D eigenvalue weighted by Crippen LogP contribution is -2.54. The van der Waals surface area contributed by atoms with E-state index in [1.165, 1.54) is 10.2 Å². The van der Waals surface area contributed by atoms with Crippen LogP contribution in [-0.4, -0.2) is 40.2 Å². The molecule has 0 radical (unpaired) electrons. The second-order valence-electron chi connectivity index (χ2n) is 6.62. The lowest BCUT2D eigenvalue weighted by atomic mass is 10.1. The van der Waals surface area contributed by atoms with Crippen LogP contribution in [0.3, 0.4) is 0 Å². The van der Waals surface area contributed by atoms with Crippen molar-refractivity contribution in [2.24, 2.45) is 0 Å². The molecule has 0 unspecified atom stereocenters. The standard InChI is InChI=1S/C18H17F7N2OS/c1-2-29-15-7-12(11-3-4-11)5-6-14(15)27-9-13(8-26-27)28-10-16(19,20)17(21,22)18(23,24)25/h5-9,11H,2-4,10H2,1H3. The molecule has 1 aliphatic carbocycles. The third kappa shape index (κ3) is 4.49. The zero-order chi connectivity index (χ0) is 21.4. The summed E-state index contributed by atoms with van der Waals surface area (Å²) in [5.41, 5.74) is 1.81. The maximum atomic E-state index is 13.4. The van der Waals surface area contributed by atoms with Crippen molar-refractivity contribution in [3.8, 4) is 11.4 Å². The fourth-order valence-electron chi connectivity index (χ4n) is 2.65. The Labute approximate surface area is 166 Å².